The Balaban J connectivity index is 0.00000364. The van der Waals surface area contributed by atoms with Gasteiger partial charge < -0.3 is 16.0 Å². The third-order valence-corrected chi connectivity index (χ3v) is 5.04. The molecule has 0 saturated carbocycles. The van der Waals surface area contributed by atoms with Gasteiger partial charge in [-0.15, -0.1) is 24.0 Å². The first-order valence-electron chi connectivity index (χ1n) is 9.46. The Hall–Kier alpha value is -1.35. The molecule has 0 radical (unpaired) electrons. The van der Waals surface area contributed by atoms with Crippen molar-refractivity contribution < 1.29 is 4.79 Å². The van der Waals surface area contributed by atoms with Gasteiger partial charge in [-0.2, -0.15) is 0 Å². The summed E-state index contributed by atoms with van der Waals surface area (Å²) in [5.74, 6) is 1.39. The first-order valence-corrected chi connectivity index (χ1v) is 9.46. The van der Waals surface area contributed by atoms with E-state index in [0.717, 1.165) is 37.6 Å². The van der Waals surface area contributed by atoms with Gasteiger partial charge in [-0.1, -0.05) is 19.1 Å². The zero-order valence-corrected chi connectivity index (χ0v) is 19.4. The predicted molar refractivity (Wildman–Crippen MR) is 123 cm³/mol. The van der Waals surface area contributed by atoms with Crippen LogP contribution in [0.4, 0.5) is 0 Å². The van der Waals surface area contributed by atoms with Crippen molar-refractivity contribution in [3.8, 4) is 0 Å². The van der Waals surface area contributed by atoms with Crippen LogP contribution in [0.1, 0.15) is 36.7 Å². The van der Waals surface area contributed by atoms with E-state index in [-0.39, 0.29) is 29.9 Å². The van der Waals surface area contributed by atoms with Crippen LogP contribution in [0.15, 0.2) is 29.3 Å². The molecule has 1 amide bonds. The molecule has 1 aromatic rings. The van der Waals surface area contributed by atoms with E-state index in [2.05, 4.69) is 46.6 Å². The van der Waals surface area contributed by atoms with Crippen LogP contribution in [0.5, 0.6) is 0 Å². The van der Waals surface area contributed by atoms with Crippen LogP contribution in [0.25, 0.3) is 0 Å². The Morgan fingerprint density at radius 3 is 2.67 bits per heavy atom. The molecule has 1 aliphatic heterocycles. The van der Waals surface area contributed by atoms with Gasteiger partial charge in [-0.25, -0.2) is 0 Å². The van der Waals surface area contributed by atoms with Crippen LogP contribution in [0.3, 0.4) is 0 Å². The monoisotopic (exact) mass is 487 g/mol. The van der Waals surface area contributed by atoms with Crippen LogP contribution >= 0.6 is 24.0 Å². The van der Waals surface area contributed by atoms with Gasteiger partial charge in [-0.05, 0) is 43.9 Å². The lowest BCUT2D eigenvalue weighted by molar-refractivity contribution is 0.0963. The number of hydrogen-bond donors (Lipinski definition) is 3. The number of benzene rings is 1. The van der Waals surface area contributed by atoms with Crippen molar-refractivity contribution >= 4 is 35.8 Å². The summed E-state index contributed by atoms with van der Waals surface area (Å²) in [4.78, 5) is 18.6. The topological polar surface area (TPSA) is 68.8 Å². The number of likely N-dealkylation sites (tertiary alicyclic amines) is 1. The molecule has 0 spiro atoms. The molecule has 0 aromatic heterocycles. The van der Waals surface area contributed by atoms with E-state index in [9.17, 15) is 4.79 Å². The lowest BCUT2D eigenvalue weighted by Crippen LogP contribution is -2.47. The Bertz CT molecular complexity index is 635. The molecule has 152 valence electrons. The lowest BCUT2D eigenvalue weighted by atomic mass is 10.1. The molecule has 7 heteroatoms. The van der Waals surface area contributed by atoms with Crippen molar-refractivity contribution in [2.24, 2.45) is 10.9 Å². The van der Waals surface area contributed by atoms with Crippen LogP contribution in [-0.2, 0) is 6.42 Å². The Morgan fingerprint density at radius 2 is 2.07 bits per heavy atom. The Labute approximate surface area is 180 Å². The number of hydrogen-bond acceptors (Lipinski definition) is 3. The molecule has 1 saturated heterocycles. The number of guanidine groups is 1. The van der Waals surface area contributed by atoms with Crippen molar-refractivity contribution in [3.05, 3.63) is 35.4 Å². The molecular formula is C20H34IN5O. The normalized spacial score (nSPS) is 20.3. The fourth-order valence-electron chi connectivity index (χ4n) is 3.32. The number of nitrogens with zero attached hydrogens (tertiary/aromatic N) is 2. The minimum absolute atomic E-state index is 0. The summed E-state index contributed by atoms with van der Waals surface area (Å²) >= 11 is 0. The van der Waals surface area contributed by atoms with Crippen molar-refractivity contribution in [2.45, 2.75) is 39.3 Å². The highest BCUT2D eigenvalue weighted by Gasteiger charge is 2.31. The van der Waals surface area contributed by atoms with Crippen LogP contribution in [0.2, 0.25) is 0 Å². The summed E-state index contributed by atoms with van der Waals surface area (Å²) in [6.45, 7) is 9.72. The number of carbonyl (C=O) groups is 1. The highest BCUT2D eigenvalue weighted by molar-refractivity contribution is 14.0. The molecule has 2 unspecified atom stereocenters. The highest BCUT2D eigenvalue weighted by atomic mass is 127. The average molecular weight is 487 g/mol. The van der Waals surface area contributed by atoms with E-state index in [1.807, 2.05) is 24.3 Å². The number of amides is 1. The summed E-state index contributed by atoms with van der Waals surface area (Å²) < 4.78 is 0. The average Bonchev–Trinajstić information content (AvgIpc) is 3.01. The fraction of sp³-hybridized carbons (Fsp3) is 0.600. The summed E-state index contributed by atoms with van der Waals surface area (Å²) in [7, 11) is 3.46. The van der Waals surface area contributed by atoms with Gasteiger partial charge in [0, 0.05) is 51.4 Å². The highest BCUT2D eigenvalue weighted by Crippen LogP contribution is 2.18. The van der Waals surface area contributed by atoms with Crippen LogP contribution < -0.4 is 16.0 Å². The number of aliphatic imine (C=N–C) groups is 1. The van der Waals surface area contributed by atoms with Crippen molar-refractivity contribution in [1.29, 1.82) is 0 Å². The number of nitrogens with one attached hydrogen (secondary N) is 3. The molecule has 2 atom stereocenters. The van der Waals surface area contributed by atoms with Crippen molar-refractivity contribution in [2.75, 3.05) is 33.7 Å². The van der Waals surface area contributed by atoms with E-state index in [0.29, 0.717) is 23.6 Å². The van der Waals surface area contributed by atoms with Crippen LogP contribution in [-0.4, -0.2) is 62.6 Å². The SMILES string of the molecule is CN=C(NCCc1cccc(C(=O)NC)c1)NC1CN(C(C)C)CC1C.I. The van der Waals surface area contributed by atoms with E-state index in [1.165, 1.54) is 0 Å². The molecule has 1 fully saturated rings. The van der Waals surface area contributed by atoms with Gasteiger partial charge in [-0.3, -0.25) is 14.7 Å². The fourth-order valence-corrected chi connectivity index (χ4v) is 3.32. The molecule has 6 nitrogen and oxygen atoms in total. The predicted octanol–water partition coefficient (Wildman–Crippen LogP) is 2.10. The molecule has 27 heavy (non-hydrogen) atoms. The van der Waals surface area contributed by atoms with Gasteiger partial charge in [0.25, 0.3) is 5.91 Å². The number of rotatable bonds is 6. The van der Waals surface area contributed by atoms with E-state index >= 15 is 0 Å². The van der Waals surface area contributed by atoms with Gasteiger partial charge in [0.05, 0.1) is 0 Å². The van der Waals surface area contributed by atoms with Gasteiger partial charge in [0.1, 0.15) is 0 Å². The van der Waals surface area contributed by atoms with Crippen molar-refractivity contribution in [3.63, 3.8) is 0 Å². The third-order valence-electron chi connectivity index (χ3n) is 5.04. The van der Waals surface area contributed by atoms with Gasteiger partial charge >= 0.3 is 0 Å². The van der Waals surface area contributed by atoms with E-state index in [4.69, 9.17) is 0 Å². The van der Waals surface area contributed by atoms with E-state index in [1.54, 1.807) is 14.1 Å². The number of carbonyl (C=O) groups excluding carboxylic acids is 1. The standard InChI is InChI=1S/C20H33N5O.HI/c1-14(2)25-12-15(3)18(13-25)24-20(22-5)23-10-9-16-7-6-8-17(11-16)19(26)21-4;/h6-8,11,14-15,18H,9-10,12-13H2,1-5H3,(H,21,26)(H2,22,23,24);1H. The smallest absolute Gasteiger partial charge is 0.251 e. The molecule has 2 rings (SSSR count). The first kappa shape index (κ1) is 23.7. The second kappa shape index (κ2) is 11.5. The second-order valence-corrected chi connectivity index (χ2v) is 7.30. The van der Waals surface area contributed by atoms with Gasteiger partial charge in [0.2, 0.25) is 0 Å². The molecular weight excluding hydrogens is 453 g/mol. The Morgan fingerprint density at radius 1 is 1.33 bits per heavy atom. The molecule has 0 aliphatic carbocycles. The lowest BCUT2D eigenvalue weighted by Gasteiger charge is -2.22. The zero-order valence-electron chi connectivity index (χ0n) is 17.1. The van der Waals surface area contributed by atoms with Crippen molar-refractivity contribution in [1.82, 2.24) is 20.9 Å². The number of halogens is 1. The maximum atomic E-state index is 11.7. The summed E-state index contributed by atoms with van der Waals surface area (Å²) in [5, 5.41) is 9.61. The zero-order chi connectivity index (χ0) is 19.1. The summed E-state index contributed by atoms with van der Waals surface area (Å²) in [5.41, 5.74) is 1.83. The molecule has 3 N–H and O–H groups in total. The molecule has 1 heterocycles. The quantitative estimate of drug-likeness (QED) is 0.327. The third kappa shape index (κ3) is 6.95. The first-order chi connectivity index (χ1) is 12.4. The summed E-state index contributed by atoms with van der Waals surface area (Å²) in [6, 6.07) is 8.73. The molecule has 1 aromatic carbocycles. The Kier molecular flexibility index (Phi) is 10.1. The van der Waals surface area contributed by atoms with Gasteiger partial charge in [0.15, 0.2) is 5.96 Å². The molecule has 1 aliphatic rings. The maximum Gasteiger partial charge on any atom is 0.251 e. The van der Waals surface area contributed by atoms with E-state index < -0.39 is 0 Å². The minimum Gasteiger partial charge on any atom is -0.356 e. The maximum absolute atomic E-state index is 11.7. The van der Waals surface area contributed by atoms with Crippen LogP contribution in [0, 0.1) is 5.92 Å². The second-order valence-electron chi connectivity index (χ2n) is 7.30. The summed E-state index contributed by atoms with van der Waals surface area (Å²) in [6.07, 6.45) is 0.837. The largest absolute Gasteiger partial charge is 0.356 e. The molecule has 0 bridgehead atoms. The minimum atomic E-state index is -0.0535.